The molecule has 0 saturated heterocycles. The first-order chi connectivity index (χ1) is 51.7. The molecule has 0 radical (unpaired) electrons. The van der Waals surface area contributed by atoms with Gasteiger partial charge in [-0.15, -0.1) is 0 Å². The summed E-state index contributed by atoms with van der Waals surface area (Å²) in [5.74, 6) is -2.41. The Morgan fingerprint density at radius 3 is 0.858 bits per heavy atom. The molecule has 0 amide bonds. The monoisotopic (exact) mass is 1520 g/mol. The normalized spacial score (nSPS) is 14.8. The van der Waals surface area contributed by atoms with Crippen LogP contribution in [0.15, 0.2) is 182 Å². The van der Waals surface area contributed by atoms with Gasteiger partial charge >= 0.3 is 39.5 Å². The van der Waals surface area contributed by atoms with Gasteiger partial charge in [-0.1, -0.05) is 281 Å². The predicted molar refractivity (Wildman–Crippen MR) is 436 cm³/mol. The molecule has 0 aromatic carbocycles. The minimum absolute atomic E-state index is 0.0127. The first kappa shape index (κ1) is 100. The summed E-state index contributed by atoms with van der Waals surface area (Å²) in [4.78, 5) is 73.0. The Balaban J connectivity index is 5.54. The highest BCUT2D eigenvalue weighted by atomic mass is 31.2. The summed E-state index contributed by atoms with van der Waals surface area (Å²) in [6.07, 6.45) is 93.3. The molecule has 0 fully saturated rings. The van der Waals surface area contributed by atoms with E-state index in [0.717, 1.165) is 148 Å². The third-order valence-electron chi connectivity index (χ3n) is 15.9. The SMILES string of the molecule is CC/C=C\C/C=C\C/C=C\C/C=C\C/C=C\C/C=C\CCC(=O)OCC(COP(=O)(O)OCC(O)COP(=O)(O)OCC(COC(=O)CCCCCCC/C=C\C/C=C\CCCCC)OC(=O)CCCCCCC/C=C\CCCCCC)OC(=O)CC/C=C\C/C=C\C/C=C\C/C=C\C/C=C\C/C=C\CC. The van der Waals surface area contributed by atoms with Gasteiger partial charge in [0.2, 0.25) is 0 Å². The fourth-order valence-electron chi connectivity index (χ4n) is 9.82. The van der Waals surface area contributed by atoms with Crippen molar-refractivity contribution in [3.8, 4) is 0 Å². The zero-order valence-electron chi connectivity index (χ0n) is 65.5. The van der Waals surface area contributed by atoms with Gasteiger partial charge in [0.15, 0.2) is 12.2 Å². The molecule has 0 aromatic rings. The number of phosphoric acid groups is 2. The van der Waals surface area contributed by atoms with Crippen LogP contribution in [-0.4, -0.2) is 96.7 Å². The van der Waals surface area contributed by atoms with Gasteiger partial charge in [0, 0.05) is 25.7 Å². The molecule has 106 heavy (non-hydrogen) atoms. The van der Waals surface area contributed by atoms with Crippen molar-refractivity contribution in [3.63, 3.8) is 0 Å². The molecule has 0 aromatic heterocycles. The standard InChI is InChI=1S/C87H140O17P2/c1-5-9-13-17-21-25-29-33-36-38-40-42-45-49-52-56-60-64-68-72-85(90)98-78-83(104-87(92)74-70-66-62-58-54-50-46-43-41-39-37-34-30-26-22-18-14-10-6-2)80-102-106(95,96)100-76-81(88)75-99-105(93,94)101-79-82(103-86(91)73-69-65-61-57-53-47-32-28-24-20-16-12-8-4)77-97-84(89)71-67-63-59-55-51-48-44-35-31-27-23-19-15-11-7-3/h9-10,13-14,21-23,25-28,32-37,40-44,49-50,52,54,60,62,64,66,81-83,88H,5-8,11-12,15-20,24,29-31,38-39,45-48,51,53,55-59,61,63,65,67-80H2,1-4H3,(H,93,94)(H,95,96)/b13-9-,14-10-,25-21-,26-22-,27-23-,32-28-,36-33-,37-34-,42-40-,43-41-,44-35-,52-49-,54-50-,64-60-,66-62-. The minimum atomic E-state index is -5.02. The highest BCUT2D eigenvalue weighted by molar-refractivity contribution is 7.47. The molecule has 5 unspecified atom stereocenters. The molecule has 17 nitrogen and oxygen atoms in total. The van der Waals surface area contributed by atoms with E-state index in [4.69, 9.17) is 37.0 Å². The van der Waals surface area contributed by atoms with Crippen LogP contribution in [0.25, 0.3) is 0 Å². The maximum absolute atomic E-state index is 13.1. The summed E-state index contributed by atoms with van der Waals surface area (Å²) in [6.45, 7) is 4.39. The molecule has 3 N–H and O–H groups in total. The zero-order valence-corrected chi connectivity index (χ0v) is 67.3. The average Bonchev–Trinajstić information content (AvgIpc) is 0.903. The van der Waals surface area contributed by atoms with Crippen LogP contribution < -0.4 is 0 Å². The van der Waals surface area contributed by atoms with Gasteiger partial charge in [-0.3, -0.25) is 37.3 Å². The number of esters is 4. The average molecular weight is 1520 g/mol. The summed E-state index contributed by atoms with van der Waals surface area (Å²) in [5, 5.41) is 10.6. The Morgan fingerprint density at radius 1 is 0.274 bits per heavy atom. The quantitative estimate of drug-likeness (QED) is 0.0169. The molecule has 0 aliphatic heterocycles. The smallest absolute Gasteiger partial charge is 0.462 e. The van der Waals surface area contributed by atoms with E-state index in [1.54, 1.807) is 0 Å². The van der Waals surface area contributed by atoms with E-state index >= 15 is 0 Å². The number of carbonyl (C=O) groups excluding carboxylic acids is 4. The molecule has 0 heterocycles. The van der Waals surface area contributed by atoms with Crippen molar-refractivity contribution in [2.45, 2.75) is 303 Å². The molecule has 0 rings (SSSR count). The summed E-state index contributed by atoms with van der Waals surface area (Å²) in [6, 6.07) is 0. The van der Waals surface area contributed by atoms with E-state index in [9.17, 15) is 43.2 Å². The van der Waals surface area contributed by atoms with Crippen LogP contribution in [0.3, 0.4) is 0 Å². The van der Waals surface area contributed by atoms with Crippen LogP contribution in [0, 0.1) is 0 Å². The van der Waals surface area contributed by atoms with E-state index in [1.165, 1.54) is 44.9 Å². The first-order valence-electron chi connectivity index (χ1n) is 40.0. The molecule has 0 spiro atoms. The van der Waals surface area contributed by atoms with Gasteiger partial charge in [-0.25, -0.2) is 9.13 Å². The number of unbranched alkanes of at least 4 members (excludes halogenated alkanes) is 17. The Hall–Kier alpha value is -5.84. The van der Waals surface area contributed by atoms with Crippen molar-refractivity contribution in [1.29, 1.82) is 0 Å². The maximum Gasteiger partial charge on any atom is 0.472 e. The lowest BCUT2D eigenvalue weighted by Crippen LogP contribution is -2.30. The summed E-state index contributed by atoms with van der Waals surface area (Å²) in [7, 11) is -10.0. The zero-order chi connectivity index (χ0) is 77.4. The number of hydrogen-bond donors (Lipinski definition) is 3. The fraction of sp³-hybridized carbons (Fsp3) is 0.609. The summed E-state index contributed by atoms with van der Waals surface area (Å²) in [5.41, 5.74) is 0. The highest BCUT2D eigenvalue weighted by Gasteiger charge is 2.30. The van der Waals surface area contributed by atoms with E-state index in [2.05, 4.69) is 174 Å². The Morgan fingerprint density at radius 2 is 0.509 bits per heavy atom. The topological polar surface area (TPSA) is 237 Å². The molecular formula is C87H140O17P2. The molecular weight excluding hydrogens is 1380 g/mol. The van der Waals surface area contributed by atoms with E-state index in [1.807, 2.05) is 36.5 Å². The predicted octanol–water partition coefficient (Wildman–Crippen LogP) is 23.6. The number of allylic oxidation sites excluding steroid dienone is 30. The van der Waals surface area contributed by atoms with Crippen LogP contribution >= 0.6 is 15.6 Å². The van der Waals surface area contributed by atoms with E-state index in [-0.39, 0.29) is 25.7 Å². The lowest BCUT2D eigenvalue weighted by Gasteiger charge is -2.21. The first-order valence-corrected chi connectivity index (χ1v) is 43.0. The van der Waals surface area contributed by atoms with Crippen molar-refractivity contribution in [2.24, 2.45) is 0 Å². The maximum atomic E-state index is 13.1. The Bertz CT molecular complexity index is 2730. The van der Waals surface area contributed by atoms with Gasteiger partial charge in [-0.2, -0.15) is 0 Å². The largest absolute Gasteiger partial charge is 0.472 e. The van der Waals surface area contributed by atoms with Gasteiger partial charge in [0.1, 0.15) is 19.3 Å². The van der Waals surface area contributed by atoms with Crippen LogP contribution in [-0.2, 0) is 65.4 Å². The molecule has 19 heteroatoms. The summed E-state index contributed by atoms with van der Waals surface area (Å²) >= 11 is 0. The third kappa shape index (κ3) is 76.4. The van der Waals surface area contributed by atoms with Crippen LogP contribution in [0.2, 0.25) is 0 Å². The molecule has 5 atom stereocenters. The van der Waals surface area contributed by atoms with E-state index in [0.29, 0.717) is 38.5 Å². The number of carbonyl (C=O) groups is 4. The second-order valence-electron chi connectivity index (χ2n) is 25.9. The van der Waals surface area contributed by atoms with Crippen molar-refractivity contribution in [2.75, 3.05) is 39.6 Å². The fourth-order valence-corrected chi connectivity index (χ4v) is 11.4. The summed E-state index contributed by atoms with van der Waals surface area (Å²) < 4.78 is 68.4. The number of hydrogen-bond acceptors (Lipinski definition) is 15. The Labute approximate surface area is 641 Å². The van der Waals surface area contributed by atoms with Crippen molar-refractivity contribution >= 4 is 39.5 Å². The molecule has 0 saturated carbocycles. The van der Waals surface area contributed by atoms with Crippen molar-refractivity contribution in [1.82, 2.24) is 0 Å². The number of ether oxygens (including phenoxy) is 4. The minimum Gasteiger partial charge on any atom is -0.462 e. The van der Waals surface area contributed by atoms with Crippen LogP contribution in [0.5, 0.6) is 0 Å². The molecule has 0 bridgehead atoms. The molecule has 0 aliphatic rings. The van der Waals surface area contributed by atoms with Gasteiger partial charge in [-0.05, 0) is 161 Å². The van der Waals surface area contributed by atoms with Crippen molar-refractivity contribution in [3.05, 3.63) is 182 Å². The van der Waals surface area contributed by atoms with Crippen molar-refractivity contribution < 1.29 is 80.2 Å². The molecule has 0 aliphatic carbocycles. The number of phosphoric ester groups is 2. The van der Waals surface area contributed by atoms with E-state index < -0.39 is 97.5 Å². The number of aliphatic hydroxyl groups is 1. The number of aliphatic hydroxyl groups excluding tert-OH is 1. The lowest BCUT2D eigenvalue weighted by atomic mass is 10.1. The Kier molecular flexibility index (Phi) is 73.1. The molecule has 600 valence electrons. The third-order valence-corrected chi connectivity index (χ3v) is 17.8. The second-order valence-corrected chi connectivity index (χ2v) is 28.8. The number of rotatable bonds is 73. The highest BCUT2D eigenvalue weighted by Crippen LogP contribution is 2.45. The van der Waals surface area contributed by atoms with Gasteiger partial charge in [0.25, 0.3) is 0 Å². The second kappa shape index (κ2) is 77.3. The van der Waals surface area contributed by atoms with Gasteiger partial charge < -0.3 is 33.8 Å². The van der Waals surface area contributed by atoms with Gasteiger partial charge in [0.05, 0.1) is 26.4 Å². The van der Waals surface area contributed by atoms with Crippen LogP contribution in [0.4, 0.5) is 0 Å². The lowest BCUT2D eigenvalue weighted by molar-refractivity contribution is -0.161. The van der Waals surface area contributed by atoms with Crippen LogP contribution in [0.1, 0.15) is 285 Å².